The second-order valence-electron chi connectivity index (χ2n) is 8.44. The lowest BCUT2D eigenvalue weighted by Gasteiger charge is -2.36. The smallest absolute Gasteiger partial charge is 0.226 e. The van der Waals surface area contributed by atoms with Crippen molar-refractivity contribution in [2.75, 3.05) is 7.11 Å². The first-order valence-electron chi connectivity index (χ1n) is 11.3. The number of amides is 1. The molecule has 0 bridgehead atoms. The maximum absolute atomic E-state index is 13.3. The molecule has 0 radical (unpaired) electrons. The standard InChI is InChI=1S/C28H31NO3/c1-21(24-12-7-4-8-13-24)29(28(30)25-14-9-15-25)19-23-16-17-26(31-2)27(18-23)32-20-22-10-5-3-6-11-22/h3-8,10-13,16-18,21,25H,9,14-15,19-20H2,1-2H3. The Morgan fingerprint density at radius 1 is 0.938 bits per heavy atom. The number of ether oxygens (including phenoxy) is 2. The summed E-state index contributed by atoms with van der Waals surface area (Å²) < 4.78 is 11.6. The molecule has 32 heavy (non-hydrogen) atoms. The van der Waals surface area contributed by atoms with Crippen LogP contribution in [0.25, 0.3) is 0 Å². The lowest BCUT2D eigenvalue weighted by Crippen LogP contribution is -2.40. The zero-order valence-electron chi connectivity index (χ0n) is 18.9. The first-order valence-corrected chi connectivity index (χ1v) is 11.3. The van der Waals surface area contributed by atoms with Crippen LogP contribution in [-0.4, -0.2) is 17.9 Å². The van der Waals surface area contributed by atoms with Crippen LogP contribution in [-0.2, 0) is 17.9 Å². The van der Waals surface area contributed by atoms with Gasteiger partial charge in [0.25, 0.3) is 0 Å². The van der Waals surface area contributed by atoms with Gasteiger partial charge in [0.05, 0.1) is 13.2 Å². The van der Waals surface area contributed by atoms with Crippen molar-refractivity contribution >= 4 is 5.91 Å². The van der Waals surface area contributed by atoms with Crippen LogP contribution in [0, 0.1) is 5.92 Å². The second kappa shape index (κ2) is 10.4. The SMILES string of the molecule is COc1ccc(CN(C(=O)C2CCC2)C(C)c2ccccc2)cc1OCc1ccccc1. The van der Waals surface area contributed by atoms with E-state index < -0.39 is 0 Å². The van der Waals surface area contributed by atoms with Crippen LogP contribution in [0.1, 0.15) is 48.9 Å². The maximum Gasteiger partial charge on any atom is 0.226 e. The predicted octanol–water partition coefficient (Wildman–Crippen LogP) is 6.16. The monoisotopic (exact) mass is 429 g/mol. The van der Waals surface area contributed by atoms with E-state index in [1.165, 1.54) is 0 Å². The number of hydrogen-bond acceptors (Lipinski definition) is 3. The summed E-state index contributed by atoms with van der Waals surface area (Å²) in [7, 11) is 1.65. The first-order chi connectivity index (χ1) is 15.7. The van der Waals surface area contributed by atoms with Crippen molar-refractivity contribution in [3.8, 4) is 11.5 Å². The molecule has 0 heterocycles. The Morgan fingerprint density at radius 2 is 1.62 bits per heavy atom. The highest BCUT2D eigenvalue weighted by molar-refractivity contribution is 5.80. The Balaban J connectivity index is 1.56. The van der Waals surface area contributed by atoms with E-state index in [2.05, 4.69) is 19.1 Å². The quantitative estimate of drug-likeness (QED) is 0.409. The molecule has 0 saturated heterocycles. The Kier molecular flexibility index (Phi) is 7.10. The van der Waals surface area contributed by atoms with Crippen molar-refractivity contribution < 1.29 is 14.3 Å². The van der Waals surface area contributed by atoms with Gasteiger partial charge in [-0.2, -0.15) is 0 Å². The van der Waals surface area contributed by atoms with Gasteiger partial charge in [-0.05, 0) is 48.6 Å². The van der Waals surface area contributed by atoms with Crippen molar-refractivity contribution in [1.82, 2.24) is 4.90 Å². The first kappa shape index (κ1) is 21.9. The molecule has 1 saturated carbocycles. The molecule has 0 N–H and O–H groups in total. The summed E-state index contributed by atoms with van der Waals surface area (Å²) in [5.74, 6) is 1.78. The van der Waals surface area contributed by atoms with Gasteiger partial charge in [-0.15, -0.1) is 0 Å². The number of methoxy groups -OCH3 is 1. The summed E-state index contributed by atoms with van der Waals surface area (Å²) in [4.78, 5) is 15.3. The maximum atomic E-state index is 13.3. The third-order valence-corrected chi connectivity index (χ3v) is 6.31. The third kappa shape index (κ3) is 5.13. The van der Waals surface area contributed by atoms with Crippen molar-refractivity contribution in [1.29, 1.82) is 0 Å². The molecular weight excluding hydrogens is 398 g/mol. The van der Waals surface area contributed by atoms with E-state index in [1.54, 1.807) is 7.11 Å². The Morgan fingerprint density at radius 3 is 2.25 bits per heavy atom. The van der Waals surface area contributed by atoms with Crippen molar-refractivity contribution in [2.24, 2.45) is 5.92 Å². The van der Waals surface area contributed by atoms with Gasteiger partial charge in [-0.1, -0.05) is 73.2 Å². The molecule has 1 atom stereocenters. The van der Waals surface area contributed by atoms with E-state index in [0.29, 0.717) is 24.7 Å². The highest BCUT2D eigenvalue weighted by Crippen LogP contribution is 2.34. The largest absolute Gasteiger partial charge is 0.493 e. The fourth-order valence-corrected chi connectivity index (χ4v) is 4.07. The molecule has 0 aromatic heterocycles. The van der Waals surface area contributed by atoms with Gasteiger partial charge in [0.1, 0.15) is 6.61 Å². The summed E-state index contributed by atoms with van der Waals surface area (Å²) in [6.45, 7) is 3.12. The van der Waals surface area contributed by atoms with Gasteiger partial charge in [-0.3, -0.25) is 4.79 Å². The Bertz CT molecular complexity index is 1020. The minimum Gasteiger partial charge on any atom is -0.493 e. The molecule has 0 spiro atoms. The van der Waals surface area contributed by atoms with Gasteiger partial charge in [0, 0.05) is 12.5 Å². The molecule has 4 nitrogen and oxygen atoms in total. The molecule has 1 aliphatic rings. The van der Waals surface area contributed by atoms with Crippen molar-refractivity contribution in [3.63, 3.8) is 0 Å². The van der Waals surface area contributed by atoms with Crippen molar-refractivity contribution in [2.45, 2.75) is 45.4 Å². The molecule has 166 valence electrons. The Hall–Kier alpha value is -3.27. The summed E-state index contributed by atoms with van der Waals surface area (Å²) >= 11 is 0. The fourth-order valence-electron chi connectivity index (χ4n) is 4.07. The van der Waals surface area contributed by atoms with Gasteiger partial charge in [-0.25, -0.2) is 0 Å². The lowest BCUT2D eigenvalue weighted by atomic mass is 9.83. The predicted molar refractivity (Wildman–Crippen MR) is 127 cm³/mol. The normalized spacial score (nSPS) is 14.3. The third-order valence-electron chi connectivity index (χ3n) is 6.31. The molecule has 4 rings (SSSR count). The summed E-state index contributed by atoms with van der Waals surface area (Å²) in [5, 5.41) is 0. The minimum atomic E-state index is 0.0000822. The number of carbonyl (C=O) groups excluding carboxylic acids is 1. The molecule has 4 heteroatoms. The molecule has 1 fully saturated rings. The molecule has 1 unspecified atom stereocenters. The Labute approximate surface area is 190 Å². The second-order valence-corrected chi connectivity index (χ2v) is 8.44. The fraction of sp³-hybridized carbons (Fsp3) is 0.321. The number of benzene rings is 3. The van der Waals surface area contributed by atoms with Crippen LogP contribution in [0.15, 0.2) is 78.9 Å². The van der Waals surface area contributed by atoms with E-state index in [0.717, 1.165) is 36.0 Å². The van der Waals surface area contributed by atoms with Gasteiger partial charge >= 0.3 is 0 Å². The van der Waals surface area contributed by atoms with Gasteiger partial charge in [0.2, 0.25) is 5.91 Å². The average molecular weight is 430 g/mol. The van der Waals surface area contributed by atoms with Crippen LogP contribution in [0.5, 0.6) is 11.5 Å². The molecule has 0 aliphatic heterocycles. The molecule has 1 aliphatic carbocycles. The highest BCUT2D eigenvalue weighted by Gasteiger charge is 2.32. The van der Waals surface area contributed by atoms with Crippen LogP contribution < -0.4 is 9.47 Å². The van der Waals surface area contributed by atoms with E-state index in [1.807, 2.05) is 71.6 Å². The molecular formula is C28H31NO3. The zero-order chi connectivity index (χ0) is 22.3. The number of hydrogen-bond donors (Lipinski definition) is 0. The molecule has 3 aromatic carbocycles. The average Bonchev–Trinajstić information content (AvgIpc) is 2.81. The summed E-state index contributed by atoms with van der Waals surface area (Å²) in [6.07, 6.45) is 3.12. The van der Waals surface area contributed by atoms with E-state index in [9.17, 15) is 4.79 Å². The summed E-state index contributed by atoms with van der Waals surface area (Å²) in [5.41, 5.74) is 3.28. The van der Waals surface area contributed by atoms with Crippen LogP contribution in [0.3, 0.4) is 0 Å². The minimum absolute atomic E-state index is 0.0000822. The highest BCUT2D eigenvalue weighted by atomic mass is 16.5. The lowest BCUT2D eigenvalue weighted by molar-refractivity contribution is -0.141. The molecule has 1 amide bonds. The number of carbonyl (C=O) groups is 1. The van der Waals surface area contributed by atoms with E-state index in [-0.39, 0.29) is 17.9 Å². The van der Waals surface area contributed by atoms with Crippen LogP contribution in [0.4, 0.5) is 0 Å². The van der Waals surface area contributed by atoms with Gasteiger partial charge in [0.15, 0.2) is 11.5 Å². The number of rotatable bonds is 9. The van der Waals surface area contributed by atoms with E-state index >= 15 is 0 Å². The van der Waals surface area contributed by atoms with Gasteiger partial charge < -0.3 is 14.4 Å². The zero-order valence-corrected chi connectivity index (χ0v) is 18.9. The van der Waals surface area contributed by atoms with Crippen molar-refractivity contribution in [3.05, 3.63) is 95.6 Å². The summed E-state index contributed by atoms with van der Waals surface area (Å²) in [6, 6.07) is 26.3. The number of nitrogens with zero attached hydrogens (tertiary/aromatic N) is 1. The molecule has 3 aromatic rings. The topological polar surface area (TPSA) is 38.8 Å². The van der Waals surface area contributed by atoms with Crippen LogP contribution >= 0.6 is 0 Å². The van der Waals surface area contributed by atoms with E-state index in [4.69, 9.17) is 9.47 Å². The van der Waals surface area contributed by atoms with Crippen LogP contribution in [0.2, 0.25) is 0 Å².